The molecule has 2 heterocycles. The number of amides is 2. The van der Waals surface area contributed by atoms with Crippen molar-refractivity contribution in [3.05, 3.63) is 88.0 Å². The van der Waals surface area contributed by atoms with Crippen molar-refractivity contribution < 1.29 is 19.2 Å². The number of ether oxygens (including phenoxy) is 1. The van der Waals surface area contributed by atoms with Crippen LogP contribution in [0.4, 0.5) is 22.7 Å². The number of hydrogen-bond acceptors (Lipinski definition) is 7. The van der Waals surface area contributed by atoms with E-state index in [2.05, 4.69) is 10.2 Å². The Morgan fingerprint density at radius 2 is 1.45 bits per heavy atom. The number of methoxy groups -OCH3 is 1. The minimum atomic E-state index is -0.417. The molecule has 2 aliphatic heterocycles. The fraction of sp³-hybridized carbons (Fsp3) is 0.333. The van der Waals surface area contributed by atoms with Crippen LogP contribution in [0.2, 0.25) is 0 Å². The van der Waals surface area contributed by atoms with Gasteiger partial charge in [0.1, 0.15) is 11.4 Å². The number of nitrogens with zero attached hydrogens (tertiary/aromatic N) is 4. The number of nitrogens with one attached hydrogen (secondary N) is 1. The van der Waals surface area contributed by atoms with Gasteiger partial charge in [0.05, 0.1) is 12.0 Å². The predicted octanol–water partition coefficient (Wildman–Crippen LogP) is 4.81. The maximum atomic E-state index is 12.9. The van der Waals surface area contributed by atoms with Gasteiger partial charge in [0.2, 0.25) is 0 Å². The minimum Gasteiger partial charge on any atom is -0.497 e. The molecule has 0 radical (unpaired) electrons. The van der Waals surface area contributed by atoms with Gasteiger partial charge < -0.3 is 24.8 Å². The van der Waals surface area contributed by atoms with Crippen LogP contribution >= 0.6 is 0 Å². The number of carbonyl (C=O) groups excluding carboxylic acids is 2. The topological polar surface area (TPSA) is 108 Å². The molecule has 3 aromatic carbocycles. The zero-order valence-electron chi connectivity index (χ0n) is 22.5. The highest BCUT2D eigenvalue weighted by Gasteiger charge is 2.24. The molecule has 208 valence electrons. The molecule has 0 unspecified atom stereocenters. The monoisotopic (exact) mass is 543 g/mol. The molecule has 1 N–H and O–H groups in total. The Kier molecular flexibility index (Phi) is 8.14. The largest absolute Gasteiger partial charge is 0.497 e. The van der Waals surface area contributed by atoms with E-state index >= 15 is 0 Å². The second-order valence-corrected chi connectivity index (χ2v) is 10.0. The lowest BCUT2D eigenvalue weighted by Crippen LogP contribution is -2.48. The van der Waals surface area contributed by atoms with Crippen molar-refractivity contribution in [1.29, 1.82) is 0 Å². The van der Waals surface area contributed by atoms with E-state index in [4.69, 9.17) is 4.74 Å². The molecule has 2 amide bonds. The van der Waals surface area contributed by atoms with Gasteiger partial charge in [-0.3, -0.25) is 19.7 Å². The van der Waals surface area contributed by atoms with Gasteiger partial charge in [-0.25, -0.2) is 0 Å². The van der Waals surface area contributed by atoms with Crippen LogP contribution in [0.1, 0.15) is 40.0 Å². The van der Waals surface area contributed by atoms with Crippen LogP contribution in [0.5, 0.6) is 5.75 Å². The third-order valence-electron chi connectivity index (χ3n) is 7.53. The van der Waals surface area contributed by atoms with Crippen molar-refractivity contribution in [1.82, 2.24) is 4.90 Å². The smallest absolute Gasteiger partial charge is 0.293 e. The first kappa shape index (κ1) is 27.0. The first-order valence-corrected chi connectivity index (χ1v) is 13.6. The second-order valence-electron chi connectivity index (χ2n) is 10.0. The van der Waals surface area contributed by atoms with Gasteiger partial charge in [-0.05, 0) is 79.9 Å². The number of rotatable bonds is 7. The van der Waals surface area contributed by atoms with E-state index in [9.17, 15) is 19.7 Å². The summed E-state index contributed by atoms with van der Waals surface area (Å²) in [5, 5.41) is 14.6. The Hall–Kier alpha value is -4.60. The lowest BCUT2D eigenvalue weighted by Gasteiger charge is -2.36. The molecule has 0 aliphatic carbocycles. The molecular formula is C30H33N5O5. The molecule has 40 heavy (non-hydrogen) atoms. The maximum Gasteiger partial charge on any atom is 0.293 e. The summed E-state index contributed by atoms with van der Waals surface area (Å²) in [5.41, 5.74) is 3.00. The molecule has 2 aliphatic rings. The summed E-state index contributed by atoms with van der Waals surface area (Å²) in [6, 6.07) is 19.3. The van der Waals surface area contributed by atoms with Crippen molar-refractivity contribution in [2.24, 2.45) is 0 Å². The number of piperidine rings is 1. The Balaban J connectivity index is 1.18. The quantitative estimate of drug-likeness (QED) is 0.337. The van der Waals surface area contributed by atoms with E-state index < -0.39 is 10.8 Å². The third-order valence-corrected chi connectivity index (χ3v) is 7.53. The van der Waals surface area contributed by atoms with E-state index in [1.54, 1.807) is 43.5 Å². The van der Waals surface area contributed by atoms with Gasteiger partial charge in [-0.15, -0.1) is 0 Å². The van der Waals surface area contributed by atoms with E-state index in [0.717, 1.165) is 38.0 Å². The van der Waals surface area contributed by atoms with Crippen molar-refractivity contribution >= 4 is 34.6 Å². The molecule has 0 spiro atoms. The summed E-state index contributed by atoms with van der Waals surface area (Å²) in [5.74, 6) is 0.323. The Labute approximate surface area is 233 Å². The number of nitro groups is 1. The molecule has 0 atom stereocenters. The average Bonchev–Trinajstić information content (AvgIpc) is 3.01. The molecule has 2 saturated heterocycles. The predicted molar refractivity (Wildman–Crippen MR) is 155 cm³/mol. The maximum absolute atomic E-state index is 12.9. The summed E-state index contributed by atoms with van der Waals surface area (Å²) in [6.45, 7) is 4.17. The normalized spacial score (nSPS) is 15.5. The highest BCUT2D eigenvalue weighted by atomic mass is 16.6. The standard InChI is InChI=1S/C30H33N5O5/c1-40-26-12-5-22(6-13-26)30(37)34-19-17-32(18-20-34)25-10-8-24(9-11-25)31-29(36)23-7-14-27(28(21-23)35(38)39)33-15-3-2-4-16-33/h5-14,21H,2-4,15-20H2,1H3,(H,31,36). The average molecular weight is 544 g/mol. The molecule has 0 saturated carbocycles. The highest BCUT2D eigenvalue weighted by molar-refractivity contribution is 6.05. The van der Waals surface area contributed by atoms with Gasteiger partial charge in [-0.1, -0.05) is 0 Å². The van der Waals surface area contributed by atoms with Crippen molar-refractivity contribution in [2.45, 2.75) is 19.3 Å². The summed E-state index contributed by atoms with van der Waals surface area (Å²) >= 11 is 0. The Bertz CT molecular complexity index is 1360. The molecular weight excluding hydrogens is 510 g/mol. The Morgan fingerprint density at radius 1 is 0.800 bits per heavy atom. The van der Waals surface area contributed by atoms with Crippen LogP contribution in [-0.4, -0.2) is 68.0 Å². The van der Waals surface area contributed by atoms with Gasteiger partial charge in [0.15, 0.2) is 0 Å². The first-order chi connectivity index (χ1) is 19.4. The van der Waals surface area contributed by atoms with Crippen LogP contribution in [0.3, 0.4) is 0 Å². The van der Waals surface area contributed by atoms with Gasteiger partial charge in [-0.2, -0.15) is 0 Å². The molecule has 5 rings (SSSR count). The van der Waals surface area contributed by atoms with Crippen LogP contribution in [0.25, 0.3) is 0 Å². The molecule has 2 fully saturated rings. The van der Waals surface area contributed by atoms with Gasteiger partial charge >= 0.3 is 0 Å². The number of hydrogen-bond donors (Lipinski definition) is 1. The number of benzene rings is 3. The first-order valence-electron chi connectivity index (χ1n) is 13.6. The Morgan fingerprint density at radius 3 is 2.08 bits per heavy atom. The summed E-state index contributed by atoms with van der Waals surface area (Å²) in [6.07, 6.45) is 3.14. The SMILES string of the molecule is COc1ccc(C(=O)N2CCN(c3ccc(NC(=O)c4ccc(N5CCCCC5)c([N+](=O)[O-])c4)cc3)CC2)cc1. The summed E-state index contributed by atoms with van der Waals surface area (Å²) in [4.78, 5) is 43.2. The van der Waals surface area contributed by atoms with E-state index in [0.29, 0.717) is 48.9 Å². The molecule has 3 aromatic rings. The van der Waals surface area contributed by atoms with Crippen LogP contribution in [0.15, 0.2) is 66.7 Å². The third kappa shape index (κ3) is 6.01. The van der Waals surface area contributed by atoms with Crippen LogP contribution in [-0.2, 0) is 0 Å². The van der Waals surface area contributed by atoms with E-state index in [1.807, 2.05) is 34.1 Å². The lowest BCUT2D eigenvalue weighted by molar-refractivity contribution is -0.384. The number of anilines is 3. The van der Waals surface area contributed by atoms with E-state index in [1.165, 1.54) is 6.07 Å². The summed E-state index contributed by atoms with van der Waals surface area (Å²) in [7, 11) is 1.60. The van der Waals surface area contributed by atoms with Crippen LogP contribution < -0.4 is 19.9 Å². The lowest BCUT2D eigenvalue weighted by atomic mass is 10.1. The second kappa shape index (κ2) is 12.1. The fourth-order valence-electron chi connectivity index (χ4n) is 5.26. The summed E-state index contributed by atoms with van der Waals surface area (Å²) < 4.78 is 5.17. The highest BCUT2D eigenvalue weighted by Crippen LogP contribution is 2.31. The fourth-order valence-corrected chi connectivity index (χ4v) is 5.26. The van der Waals surface area contributed by atoms with Crippen molar-refractivity contribution in [2.75, 3.05) is 61.5 Å². The number of carbonyl (C=O) groups is 2. The van der Waals surface area contributed by atoms with Gasteiger partial charge in [0.25, 0.3) is 17.5 Å². The minimum absolute atomic E-state index is 0.00422. The number of nitro benzene ring substituents is 1. The van der Waals surface area contributed by atoms with Crippen LogP contribution in [0, 0.1) is 10.1 Å². The van der Waals surface area contributed by atoms with Gasteiger partial charge in [0, 0.05) is 67.8 Å². The molecule has 10 nitrogen and oxygen atoms in total. The van der Waals surface area contributed by atoms with Crippen molar-refractivity contribution in [3.63, 3.8) is 0 Å². The zero-order chi connectivity index (χ0) is 28.1. The molecule has 0 aromatic heterocycles. The molecule has 0 bridgehead atoms. The zero-order valence-corrected chi connectivity index (χ0v) is 22.5. The molecule has 10 heteroatoms. The van der Waals surface area contributed by atoms with Crippen molar-refractivity contribution in [3.8, 4) is 5.75 Å². The number of piperazine rings is 1. The van der Waals surface area contributed by atoms with E-state index in [-0.39, 0.29) is 17.2 Å².